The van der Waals surface area contributed by atoms with Crippen LogP contribution >= 0.6 is 11.3 Å². The van der Waals surface area contributed by atoms with E-state index in [4.69, 9.17) is 10.2 Å². The Morgan fingerprint density at radius 2 is 1.90 bits per heavy atom. The minimum Gasteiger partial charge on any atom is -0.478 e. The molecule has 0 spiro atoms. The van der Waals surface area contributed by atoms with Crippen molar-refractivity contribution in [3.8, 4) is 0 Å². The Morgan fingerprint density at radius 1 is 1.24 bits per heavy atom. The molecular weight excluding hydrogens is 396 g/mol. The lowest BCUT2D eigenvalue weighted by Gasteiger charge is -2.29. The van der Waals surface area contributed by atoms with Crippen LogP contribution in [-0.2, 0) is 9.59 Å². The van der Waals surface area contributed by atoms with Crippen molar-refractivity contribution in [3.63, 3.8) is 0 Å². The highest BCUT2D eigenvalue weighted by molar-refractivity contribution is 7.17. The van der Waals surface area contributed by atoms with Gasteiger partial charge in [0.1, 0.15) is 0 Å². The van der Waals surface area contributed by atoms with Crippen molar-refractivity contribution < 1.29 is 24.7 Å². The van der Waals surface area contributed by atoms with Crippen molar-refractivity contribution in [3.05, 3.63) is 57.5 Å². The molecule has 0 atom stereocenters. The number of nitro groups is 1. The molecule has 1 aromatic carbocycles. The number of aliphatic carboxylic acids is 2. The van der Waals surface area contributed by atoms with E-state index in [1.54, 1.807) is 23.5 Å². The fraction of sp³-hybridized carbons (Fsp3) is 0.300. The molecule has 2 aromatic rings. The van der Waals surface area contributed by atoms with Crippen molar-refractivity contribution >= 4 is 44.6 Å². The first-order valence-corrected chi connectivity index (χ1v) is 9.80. The first-order chi connectivity index (χ1) is 13.7. The number of carboxylic acids is 2. The molecule has 9 heteroatoms. The molecule has 0 amide bonds. The summed E-state index contributed by atoms with van der Waals surface area (Å²) in [5.74, 6) is -2.51. The lowest BCUT2D eigenvalue weighted by atomic mass is 9.97. The van der Waals surface area contributed by atoms with Gasteiger partial charge in [0, 0.05) is 47.6 Å². The number of carboxylic acid groups (broad SMARTS) is 2. The molecule has 0 unspecified atom stereocenters. The molecule has 1 aliphatic rings. The van der Waals surface area contributed by atoms with Crippen LogP contribution in [0, 0.1) is 10.1 Å². The molecule has 1 aromatic heterocycles. The molecule has 1 aliphatic heterocycles. The number of rotatable bonds is 5. The van der Waals surface area contributed by atoms with Crippen LogP contribution in [0.5, 0.6) is 0 Å². The Hall–Kier alpha value is -3.04. The molecular formula is C20H22N2O6S. The Labute approximate surface area is 171 Å². The average Bonchev–Trinajstić information content (AvgIpc) is 3.11. The molecule has 0 saturated carbocycles. The monoisotopic (exact) mass is 418 g/mol. The van der Waals surface area contributed by atoms with E-state index in [2.05, 4.69) is 30.2 Å². The standard InChI is InChI=1S/C16H18N2O2S.C4H4O4/c1-11(2)17-8-6-12(7-9-17)13-10-21-15-5-3-4-14(16(13)15)18(19)20;5-3(6)1-2-4(7)8/h3-6,10-11H,7-9H2,1-2H3;1-2H,(H,5,6)(H,7,8)/b;2-1-. The number of benzene rings is 1. The van der Waals surface area contributed by atoms with Gasteiger partial charge in [-0.3, -0.25) is 15.0 Å². The van der Waals surface area contributed by atoms with Gasteiger partial charge in [0.25, 0.3) is 5.69 Å². The van der Waals surface area contributed by atoms with E-state index in [-0.39, 0.29) is 10.6 Å². The van der Waals surface area contributed by atoms with Crippen LogP contribution in [0.3, 0.4) is 0 Å². The van der Waals surface area contributed by atoms with Crippen LogP contribution in [-0.4, -0.2) is 51.1 Å². The van der Waals surface area contributed by atoms with Crippen molar-refractivity contribution in [1.82, 2.24) is 4.90 Å². The normalized spacial score (nSPS) is 14.5. The molecule has 0 fully saturated rings. The van der Waals surface area contributed by atoms with Crippen LogP contribution < -0.4 is 0 Å². The zero-order valence-electron chi connectivity index (χ0n) is 16.1. The third-order valence-corrected chi connectivity index (χ3v) is 5.41. The fourth-order valence-corrected chi connectivity index (χ4v) is 4.00. The van der Waals surface area contributed by atoms with E-state index in [0.717, 1.165) is 35.2 Å². The van der Waals surface area contributed by atoms with Gasteiger partial charge in [-0.05, 0) is 37.3 Å². The Kier molecular flexibility index (Phi) is 7.63. The van der Waals surface area contributed by atoms with E-state index >= 15 is 0 Å². The minimum absolute atomic E-state index is 0.218. The molecule has 154 valence electrons. The predicted octanol–water partition coefficient (Wildman–Crippen LogP) is 4.02. The van der Waals surface area contributed by atoms with Crippen LogP contribution in [0.4, 0.5) is 5.69 Å². The summed E-state index contributed by atoms with van der Waals surface area (Å²) in [5, 5.41) is 29.8. The Balaban J connectivity index is 0.000000321. The van der Waals surface area contributed by atoms with Gasteiger partial charge in [0.2, 0.25) is 0 Å². The molecule has 3 rings (SSSR count). The molecule has 0 saturated heterocycles. The number of carbonyl (C=O) groups is 2. The molecule has 2 N–H and O–H groups in total. The maximum atomic E-state index is 11.3. The highest BCUT2D eigenvalue weighted by Crippen LogP contribution is 2.38. The van der Waals surface area contributed by atoms with Crippen LogP contribution in [0.1, 0.15) is 25.8 Å². The van der Waals surface area contributed by atoms with Gasteiger partial charge in [-0.1, -0.05) is 12.1 Å². The number of hydrogen-bond acceptors (Lipinski definition) is 6. The smallest absolute Gasteiger partial charge is 0.328 e. The summed E-state index contributed by atoms with van der Waals surface area (Å²) in [4.78, 5) is 32.5. The van der Waals surface area contributed by atoms with Crippen LogP contribution in [0.15, 0.2) is 41.8 Å². The first-order valence-electron chi connectivity index (χ1n) is 8.92. The van der Waals surface area contributed by atoms with Gasteiger partial charge in [-0.2, -0.15) is 0 Å². The first kappa shape index (κ1) is 22.3. The zero-order valence-corrected chi connectivity index (χ0v) is 16.9. The SMILES string of the molecule is CC(C)N1CC=C(c2csc3cccc([N+](=O)[O-])c23)CC1.O=C(O)/C=C\C(=O)O. The topological polar surface area (TPSA) is 121 Å². The molecule has 0 bridgehead atoms. The maximum Gasteiger partial charge on any atom is 0.328 e. The maximum absolute atomic E-state index is 11.3. The Morgan fingerprint density at radius 3 is 2.38 bits per heavy atom. The van der Waals surface area contributed by atoms with E-state index in [1.165, 1.54) is 5.57 Å². The van der Waals surface area contributed by atoms with E-state index < -0.39 is 11.9 Å². The summed E-state index contributed by atoms with van der Waals surface area (Å²) < 4.78 is 0.992. The summed E-state index contributed by atoms with van der Waals surface area (Å²) in [5.41, 5.74) is 2.51. The van der Waals surface area contributed by atoms with Crippen molar-refractivity contribution in [1.29, 1.82) is 0 Å². The van der Waals surface area contributed by atoms with Gasteiger partial charge < -0.3 is 10.2 Å². The fourth-order valence-electron chi connectivity index (χ4n) is 3.00. The number of fused-ring (bicyclic) bond motifs is 1. The van der Waals surface area contributed by atoms with Crippen LogP contribution in [0.25, 0.3) is 15.7 Å². The largest absolute Gasteiger partial charge is 0.478 e. The van der Waals surface area contributed by atoms with Gasteiger partial charge in [-0.15, -0.1) is 11.3 Å². The lowest BCUT2D eigenvalue weighted by molar-refractivity contribution is -0.383. The number of non-ortho nitro benzene ring substituents is 1. The number of thiophene rings is 1. The summed E-state index contributed by atoms with van der Waals surface area (Å²) in [7, 11) is 0. The van der Waals surface area contributed by atoms with Gasteiger partial charge >= 0.3 is 11.9 Å². The Bertz CT molecular complexity index is 961. The quantitative estimate of drug-likeness (QED) is 0.427. The summed E-state index contributed by atoms with van der Waals surface area (Å²) in [6.45, 7) is 6.33. The molecule has 0 aliphatic carbocycles. The van der Waals surface area contributed by atoms with E-state index in [0.29, 0.717) is 18.2 Å². The van der Waals surface area contributed by atoms with Crippen molar-refractivity contribution in [2.24, 2.45) is 0 Å². The number of nitrogens with zero attached hydrogens (tertiary/aromatic N) is 2. The molecule has 0 radical (unpaired) electrons. The summed E-state index contributed by atoms with van der Waals surface area (Å²) >= 11 is 1.59. The minimum atomic E-state index is -1.26. The highest BCUT2D eigenvalue weighted by Gasteiger charge is 2.21. The average molecular weight is 418 g/mol. The number of hydrogen-bond donors (Lipinski definition) is 2. The van der Waals surface area contributed by atoms with Crippen LogP contribution in [0.2, 0.25) is 0 Å². The van der Waals surface area contributed by atoms with Crippen molar-refractivity contribution in [2.45, 2.75) is 26.3 Å². The summed E-state index contributed by atoms with van der Waals surface area (Å²) in [6.07, 6.45) is 4.29. The molecule has 29 heavy (non-hydrogen) atoms. The molecule has 8 nitrogen and oxygen atoms in total. The van der Waals surface area contributed by atoms with Gasteiger partial charge in [0.15, 0.2) is 0 Å². The third-order valence-electron chi connectivity index (χ3n) is 4.46. The zero-order chi connectivity index (χ0) is 21.6. The third kappa shape index (κ3) is 5.97. The van der Waals surface area contributed by atoms with Gasteiger partial charge in [-0.25, -0.2) is 9.59 Å². The highest BCUT2D eigenvalue weighted by atomic mass is 32.1. The second-order valence-corrected chi connectivity index (χ2v) is 7.55. The van der Waals surface area contributed by atoms with E-state index in [9.17, 15) is 19.7 Å². The predicted molar refractivity (Wildman–Crippen MR) is 112 cm³/mol. The summed E-state index contributed by atoms with van der Waals surface area (Å²) in [6, 6.07) is 5.86. The molecule has 2 heterocycles. The van der Waals surface area contributed by atoms with E-state index in [1.807, 2.05) is 6.07 Å². The second-order valence-electron chi connectivity index (χ2n) is 6.63. The van der Waals surface area contributed by atoms with Crippen molar-refractivity contribution in [2.75, 3.05) is 13.1 Å². The van der Waals surface area contributed by atoms with Gasteiger partial charge in [0.05, 0.1) is 10.3 Å². The number of nitro benzene ring substituents is 1. The second kappa shape index (κ2) is 9.94. The lowest BCUT2D eigenvalue weighted by Crippen LogP contribution is -2.34.